The molecule has 1 saturated heterocycles. The highest BCUT2D eigenvalue weighted by atomic mass is 19.1. The molecule has 3 rings (SSSR count). The Bertz CT molecular complexity index is 727. The molecular formula is C18H22FN5O. The monoisotopic (exact) mass is 343 g/mol. The van der Waals surface area contributed by atoms with E-state index in [1.54, 1.807) is 25.3 Å². The number of nitrogens with one attached hydrogen (secondary N) is 1. The van der Waals surface area contributed by atoms with Crippen molar-refractivity contribution in [2.75, 3.05) is 41.3 Å². The lowest BCUT2D eigenvalue weighted by molar-refractivity contribution is -0.117. The summed E-state index contributed by atoms with van der Waals surface area (Å²) in [5.74, 6) is 0.0293. The zero-order chi connectivity index (χ0) is 17.8. The molecule has 1 aliphatic heterocycles. The number of carbonyl (C=O) groups is 1. The Hall–Kier alpha value is -2.67. The summed E-state index contributed by atoms with van der Waals surface area (Å²) in [7, 11) is 0. The van der Waals surface area contributed by atoms with Crippen molar-refractivity contribution in [3.63, 3.8) is 0 Å². The molecule has 0 aliphatic carbocycles. The fraction of sp³-hybridized carbons (Fsp3) is 0.333. The van der Waals surface area contributed by atoms with E-state index >= 15 is 0 Å². The first-order chi connectivity index (χ1) is 12.0. The van der Waals surface area contributed by atoms with Gasteiger partial charge < -0.3 is 20.9 Å². The van der Waals surface area contributed by atoms with Gasteiger partial charge in [-0.3, -0.25) is 4.79 Å². The van der Waals surface area contributed by atoms with Crippen molar-refractivity contribution in [1.82, 2.24) is 4.98 Å². The van der Waals surface area contributed by atoms with Crippen molar-refractivity contribution in [3.05, 3.63) is 48.4 Å². The Morgan fingerprint density at radius 2 is 1.84 bits per heavy atom. The number of piperazine rings is 1. The van der Waals surface area contributed by atoms with Gasteiger partial charge in [0.2, 0.25) is 5.91 Å². The second-order valence-corrected chi connectivity index (χ2v) is 6.11. The maximum atomic E-state index is 13.9. The zero-order valence-electron chi connectivity index (χ0n) is 14.2. The molecule has 2 heterocycles. The van der Waals surface area contributed by atoms with Gasteiger partial charge in [0.15, 0.2) is 0 Å². The Labute approximate surface area is 146 Å². The normalized spacial score (nSPS) is 15.8. The van der Waals surface area contributed by atoms with Crippen molar-refractivity contribution in [3.8, 4) is 0 Å². The number of hydrogen-bond acceptors (Lipinski definition) is 5. The van der Waals surface area contributed by atoms with Crippen molar-refractivity contribution >= 4 is 23.1 Å². The lowest BCUT2D eigenvalue weighted by Crippen LogP contribution is -2.46. The van der Waals surface area contributed by atoms with E-state index < -0.39 is 6.04 Å². The number of anilines is 3. The van der Waals surface area contributed by atoms with Crippen LogP contribution >= 0.6 is 0 Å². The number of benzene rings is 1. The van der Waals surface area contributed by atoms with Gasteiger partial charge >= 0.3 is 0 Å². The van der Waals surface area contributed by atoms with Crippen LogP contribution in [0, 0.1) is 5.82 Å². The van der Waals surface area contributed by atoms with Crippen LogP contribution in [-0.4, -0.2) is 43.1 Å². The lowest BCUT2D eigenvalue weighted by Gasteiger charge is -2.37. The van der Waals surface area contributed by atoms with Crippen LogP contribution in [0.25, 0.3) is 0 Å². The van der Waals surface area contributed by atoms with Gasteiger partial charge in [0.05, 0.1) is 23.6 Å². The van der Waals surface area contributed by atoms with E-state index in [9.17, 15) is 9.18 Å². The molecule has 132 valence electrons. The fourth-order valence-electron chi connectivity index (χ4n) is 2.80. The molecule has 3 N–H and O–H groups in total. The SMILES string of the molecule is CC(N)C(=O)Nc1ccc(N2CCN(c3ccccc3F)CC2)cn1. The fourth-order valence-corrected chi connectivity index (χ4v) is 2.80. The Morgan fingerprint density at radius 3 is 2.44 bits per heavy atom. The molecule has 1 amide bonds. The largest absolute Gasteiger partial charge is 0.367 e. The van der Waals surface area contributed by atoms with Gasteiger partial charge in [-0.1, -0.05) is 12.1 Å². The van der Waals surface area contributed by atoms with Gasteiger partial charge in [-0.05, 0) is 31.2 Å². The smallest absolute Gasteiger partial charge is 0.242 e. The van der Waals surface area contributed by atoms with Crippen LogP contribution < -0.4 is 20.9 Å². The average molecular weight is 343 g/mol. The highest BCUT2D eigenvalue weighted by Crippen LogP contribution is 2.23. The predicted octanol–water partition coefficient (Wildman–Crippen LogP) is 1.83. The Balaban J connectivity index is 1.59. The summed E-state index contributed by atoms with van der Waals surface area (Å²) in [6, 6.07) is 9.95. The summed E-state index contributed by atoms with van der Waals surface area (Å²) in [5.41, 5.74) is 7.15. The quantitative estimate of drug-likeness (QED) is 0.886. The second-order valence-electron chi connectivity index (χ2n) is 6.11. The van der Waals surface area contributed by atoms with Crippen molar-refractivity contribution in [2.24, 2.45) is 5.73 Å². The van der Waals surface area contributed by atoms with Gasteiger partial charge in [0, 0.05) is 26.2 Å². The summed E-state index contributed by atoms with van der Waals surface area (Å²) < 4.78 is 13.9. The van der Waals surface area contributed by atoms with Crippen LogP contribution in [0.3, 0.4) is 0 Å². The summed E-state index contributed by atoms with van der Waals surface area (Å²) >= 11 is 0. The third-order valence-electron chi connectivity index (χ3n) is 4.25. The summed E-state index contributed by atoms with van der Waals surface area (Å²) in [5, 5.41) is 2.66. The highest BCUT2D eigenvalue weighted by Gasteiger charge is 2.19. The molecule has 1 unspecified atom stereocenters. The molecule has 0 bridgehead atoms. The van der Waals surface area contributed by atoms with Crippen molar-refractivity contribution in [1.29, 1.82) is 0 Å². The van der Waals surface area contributed by atoms with E-state index in [4.69, 9.17) is 5.73 Å². The highest BCUT2D eigenvalue weighted by molar-refractivity contribution is 5.93. The van der Waals surface area contributed by atoms with Gasteiger partial charge in [-0.15, -0.1) is 0 Å². The standard InChI is InChI=1S/C18H22FN5O/c1-13(20)18(25)22-17-7-6-14(12-21-17)23-8-10-24(11-9-23)16-5-3-2-4-15(16)19/h2-7,12-13H,8-11,20H2,1H3,(H,21,22,25). The number of pyridine rings is 1. The molecule has 1 aromatic heterocycles. The molecule has 1 aromatic carbocycles. The minimum Gasteiger partial charge on any atom is -0.367 e. The lowest BCUT2D eigenvalue weighted by atomic mass is 10.2. The molecule has 0 radical (unpaired) electrons. The van der Waals surface area contributed by atoms with Crippen LogP contribution in [0.4, 0.5) is 21.6 Å². The Morgan fingerprint density at radius 1 is 1.16 bits per heavy atom. The van der Waals surface area contributed by atoms with E-state index in [2.05, 4.69) is 20.1 Å². The third kappa shape index (κ3) is 4.06. The van der Waals surface area contributed by atoms with Gasteiger partial charge in [0.25, 0.3) is 0 Å². The van der Waals surface area contributed by atoms with Crippen LogP contribution in [0.2, 0.25) is 0 Å². The van der Waals surface area contributed by atoms with E-state index in [0.29, 0.717) is 11.5 Å². The van der Waals surface area contributed by atoms with E-state index in [1.807, 2.05) is 18.2 Å². The Kier molecular flexibility index (Phi) is 5.14. The van der Waals surface area contributed by atoms with Gasteiger partial charge in [-0.25, -0.2) is 9.37 Å². The molecule has 25 heavy (non-hydrogen) atoms. The third-order valence-corrected chi connectivity index (χ3v) is 4.25. The van der Waals surface area contributed by atoms with Gasteiger partial charge in [-0.2, -0.15) is 0 Å². The molecule has 6 nitrogen and oxygen atoms in total. The number of hydrogen-bond donors (Lipinski definition) is 2. The number of para-hydroxylation sites is 1. The predicted molar refractivity (Wildman–Crippen MR) is 97.3 cm³/mol. The van der Waals surface area contributed by atoms with Crippen LogP contribution in [0.15, 0.2) is 42.6 Å². The second kappa shape index (κ2) is 7.48. The van der Waals surface area contributed by atoms with Crippen LogP contribution in [0.5, 0.6) is 0 Å². The molecular weight excluding hydrogens is 321 g/mol. The molecule has 0 saturated carbocycles. The van der Waals surface area contributed by atoms with E-state index in [-0.39, 0.29) is 11.7 Å². The number of rotatable bonds is 4. The number of nitrogens with zero attached hydrogens (tertiary/aromatic N) is 3. The minimum atomic E-state index is -0.576. The maximum absolute atomic E-state index is 13.9. The molecule has 1 atom stereocenters. The van der Waals surface area contributed by atoms with Crippen LogP contribution in [-0.2, 0) is 4.79 Å². The van der Waals surface area contributed by atoms with Crippen molar-refractivity contribution < 1.29 is 9.18 Å². The molecule has 1 fully saturated rings. The first kappa shape index (κ1) is 17.2. The number of carbonyl (C=O) groups excluding carboxylic acids is 1. The number of nitrogens with two attached hydrogens (primary N) is 1. The summed E-state index contributed by atoms with van der Waals surface area (Å²) in [6.45, 7) is 4.66. The average Bonchev–Trinajstić information content (AvgIpc) is 2.63. The number of amides is 1. The van der Waals surface area contributed by atoms with Gasteiger partial charge in [0.1, 0.15) is 11.6 Å². The molecule has 0 spiro atoms. The topological polar surface area (TPSA) is 74.5 Å². The van der Waals surface area contributed by atoms with E-state index in [1.165, 1.54) is 6.07 Å². The summed E-state index contributed by atoms with van der Waals surface area (Å²) in [6.07, 6.45) is 1.73. The van der Waals surface area contributed by atoms with Crippen molar-refractivity contribution in [2.45, 2.75) is 13.0 Å². The first-order valence-electron chi connectivity index (χ1n) is 8.31. The molecule has 2 aromatic rings. The first-order valence-corrected chi connectivity index (χ1v) is 8.31. The van der Waals surface area contributed by atoms with Crippen LogP contribution in [0.1, 0.15) is 6.92 Å². The number of aromatic nitrogens is 1. The molecule has 7 heteroatoms. The maximum Gasteiger partial charge on any atom is 0.242 e. The molecule has 1 aliphatic rings. The zero-order valence-corrected chi connectivity index (χ0v) is 14.2. The summed E-state index contributed by atoms with van der Waals surface area (Å²) in [4.78, 5) is 20.1. The number of halogens is 1. The minimum absolute atomic E-state index is 0.188. The van der Waals surface area contributed by atoms with E-state index in [0.717, 1.165) is 31.9 Å².